The van der Waals surface area contributed by atoms with E-state index < -0.39 is 11.9 Å². The molecule has 100 valence electrons. The first-order chi connectivity index (χ1) is 8.03. The zero-order valence-electron chi connectivity index (χ0n) is 10.9. The van der Waals surface area contributed by atoms with E-state index in [0.29, 0.717) is 6.42 Å². The molecule has 0 aromatic carbocycles. The Morgan fingerprint density at radius 1 is 1.18 bits per heavy atom. The largest absolute Gasteiger partial charge is 0.390 e. The molecule has 1 heterocycles. The van der Waals surface area contributed by atoms with Crippen molar-refractivity contribution in [3.05, 3.63) is 0 Å². The van der Waals surface area contributed by atoms with Gasteiger partial charge in [-0.3, -0.25) is 0 Å². The quantitative estimate of drug-likeness (QED) is 0.796. The molecular weight excluding hydrogens is 224 g/mol. The molecule has 0 radical (unpaired) electrons. The molecule has 1 N–H and O–H groups in total. The summed E-state index contributed by atoms with van der Waals surface area (Å²) in [6.07, 6.45) is 0.657. The molecule has 2 rings (SSSR count). The first-order valence-corrected chi connectivity index (χ1v) is 5.99. The van der Waals surface area contributed by atoms with Gasteiger partial charge in [-0.25, -0.2) is 0 Å². The van der Waals surface area contributed by atoms with Gasteiger partial charge in [0.1, 0.15) is 0 Å². The second-order valence-corrected chi connectivity index (χ2v) is 5.17. The summed E-state index contributed by atoms with van der Waals surface area (Å²) in [5.74, 6) is 0.141. The lowest BCUT2D eigenvalue weighted by Gasteiger charge is -2.41. The summed E-state index contributed by atoms with van der Waals surface area (Å²) in [7, 11) is 4.89. The van der Waals surface area contributed by atoms with Crippen molar-refractivity contribution in [2.75, 3.05) is 21.3 Å². The zero-order valence-corrected chi connectivity index (χ0v) is 10.9. The monoisotopic (exact) mass is 246 g/mol. The molecule has 0 aromatic rings. The average Bonchev–Trinajstić information content (AvgIpc) is 2.59. The second kappa shape index (κ2) is 4.82. The predicted molar refractivity (Wildman–Crippen MR) is 60.3 cm³/mol. The second-order valence-electron chi connectivity index (χ2n) is 5.17. The summed E-state index contributed by atoms with van der Waals surface area (Å²) in [6, 6.07) is 0. The van der Waals surface area contributed by atoms with Crippen LogP contribution in [0.1, 0.15) is 19.8 Å². The molecule has 1 saturated heterocycles. The number of hydrogen-bond donors (Lipinski definition) is 1. The molecule has 17 heavy (non-hydrogen) atoms. The van der Waals surface area contributed by atoms with Crippen LogP contribution in [-0.4, -0.2) is 50.7 Å². The fourth-order valence-corrected chi connectivity index (χ4v) is 3.30. The van der Waals surface area contributed by atoms with Crippen LogP contribution >= 0.6 is 0 Å². The van der Waals surface area contributed by atoms with Gasteiger partial charge in [-0.2, -0.15) is 0 Å². The maximum absolute atomic E-state index is 10.5. The zero-order chi connectivity index (χ0) is 12.6. The molecule has 2 aliphatic rings. The summed E-state index contributed by atoms with van der Waals surface area (Å²) < 4.78 is 21.7. The highest BCUT2D eigenvalue weighted by Gasteiger charge is 2.57. The Balaban J connectivity index is 2.22. The van der Waals surface area contributed by atoms with E-state index >= 15 is 0 Å². The molecular formula is C12H22O5. The van der Waals surface area contributed by atoms with E-state index in [2.05, 4.69) is 0 Å². The molecule has 6 atom stereocenters. The Bertz CT molecular complexity index is 268. The number of methoxy groups -OCH3 is 3. The predicted octanol–water partition coefficient (Wildman–Crippen LogP) is 0.754. The third-order valence-corrected chi connectivity index (χ3v) is 4.11. The lowest BCUT2D eigenvalue weighted by Crippen LogP contribution is -2.49. The summed E-state index contributed by atoms with van der Waals surface area (Å²) in [6.45, 7) is 1.83. The van der Waals surface area contributed by atoms with Crippen molar-refractivity contribution < 1.29 is 24.1 Å². The maximum Gasteiger partial charge on any atom is 0.166 e. The van der Waals surface area contributed by atoms with Crippen LogP contribution in [0.15, 0.2) is 0 Å². The molecule has 2 fully saturated rings. The smallest absolute Gasteiger partial charge is 0.166 e. The summed E-state index contributed by atoms with van der Waals surface area (Å²) in [5.41, 5.74) is -0.815. The van der Waals surface area contributed by atoms with Crippen molar-refractivity contribution in [2.24, 2.45) is 11.8 Å². The minimum absolute atomic E-state index is 0.0363. The van der Waals surface area contributed by atoms with E-state index in [1.165, 1.54) is 0 Å². The number of hydrogen-bond acceptors (Lipinski definition) is 5. The van der Waals surface area contributed by atoms with E-state index in [1.54, 1.807) is 21.3 Å². The average molecular weight is 246 g/mol. The number of rotatable bonds is 3. The first-order valence-electron chi connectivity index (χ1n) is 5.99. The van der Waals surface area contributed by atoms with E-state index in [1.807, 2.05) is 6.92 Å². The van der Waals surface area contributed by atoms with Crippen LogP contribution in [0.2, 0.25) is 0 Å². The summed E-state index contributed by atoms with van der Waals surface area (Å²) >= 11 is 0. The molecule has 1 aliphatic heterocycles. The molecule has 0 aromatic heterocycles. The Morgan fingerprint density at radius 3 is 2.41 bits per heavy atom. The highest BCUT2D eigenvalue weighted by Crippen LogP contribution is 2.49. The third kappa shape index (κ3) is 2.22. The Hall–Kier alpha value is -0.200. The van der Waals surface area contributed by atoms with Crippen molar-refractivity contribution in [3.63, 3.8) is 0 Å². The standard InChI is InChI=1S/C12H22O5/c1-12(13)6-8(14-2)7-5-9(15-3)17-11(16-4)10(7)12/h7-11,13H,5-6H2,1-4H3/t7?,8-,9?,10?,11?,12+/m1/s1. The van der Waals surface area contributed by atoms with Crippen molar-refractivity contribution in [1.29, 1.82) is 0 Å². The van der Waals surface area contributed by atoms with Crippen LogP contribution in [-0.2, 0) is 18.9 Å². The van der Waals surface area contributed by atoms with Crippen LogP contribution < -0.4 is 0 Å². The fourth-order valence-electron chi connectivity index (χ4n) is 3.30. The van der Waals surface area contributed by atoms with Gasteiger partial charge in [0, 0.05) is 46.0 Å². The fraction of sp³-hybridized carbons (Fsp3) is 1.00. The molecule has 0 amide bonds. The van der Waals surface area contributed by atoms with Crippen molar-refractivity contribution in [1.82, 2.24) is 0 Å². The first kappa shape index (κ1) is 13.2. The van der Waals surface area contributed by atoms with Crippen molar-refractivity contribution >= 4 is 0 Å². The van der Waals surface area contributed by atoms with Gasteiger partial charge in [0.25, 0.3) is 0 Å². The van der Waals surface area contributed by atoms with E-state index in [0.717, 1.165) is 6.42 Å². The Kier molecular flexibility index (Phi) is 3.75. The van der Waals surface area contributed by atoms with Crippen molar-refractivity contribution in [3.8, 4) is 0 Å². The number of fused-ring (bicyclic) bond motifs is 1. The van der Waals surface area contributed by atoms with Gasteiger partial charge in [0.2, 0.25) is 0 Å². The lowest BCUT2D eigenvalue weighted by molar-refractivity contribution is -0.301. The molecule has 5 nitrogen and oxygen atoms in total. The van der Waals surface area contributed by atoms with Crippen LogP contribution in [0.4, 0.5) is 0 Å². The SMILES string of the molecule is COC1CC2C(C(OC)O1)[C@@](C)(O)C[C@H]2OC. The van der Waals surface area contributed by atoms with Gasteiger partial charge in [-0.1, -0.05) is 0 Å². The highest BCUT2D eigenvalue weighted by atomic mass is 16.8. The van der Waals surface area contributed by atoms with Gasteiger partial charge in [0.15, 0.2) is 12.6 Å². The topological polar surface area (TPSA) is 57.2 Å². The summed E-state index contributed by atoms with van der Waals surface area (Å²) in [5, 5.41) is 10.5. The third-order valence-electron chi connectivity index (χ3n) is 4.11. The minimum atomic E-state index is -0.815. The normalized spacial score (nSPS) is 50.3. The van der Waals surface area contributed by atoms with Gasteiger partial charge >= 0.3 is 0 Å². The Morgan fingerprint density at radius 2 is 1.88 bits per heavy atom. The van der Waals surface area contributed by atoms with Gasteiger partial charge in [0.05, 0.1) is 11.7 Å². The number of aliphatic hydroxyl groups is 1. The van der Waals surface area contributed by atoms with E-state index in [9.17, 15) is 5.11 Å². The lowest BCUT2D eigenvalue weighted by atomic mass is 9.82. The summed E-state index contributed by atoms with van der Waals surface area (Å²) in [4.78, 5) is 0. The molecule has 1 saturated carbocycles. The molecule has 0 spiro atoms. The minimum Gasteiger partial charge on any atom is -0.390 e. The molecule has 4 unspecified atom stereocenters. The molecule has 1 aliphatic carbocycles. The van der Waals surface area contributed by atoms with Gasteiger partial charge in [-0.05, 0) is 6.92 Å². The van der Waals surface area contributed by atoms with Crippen LogP contribution in [0.25, 0.3) is 0 Å². The molecule has 0 bridgehead atoms. The van der Waals surface area contributed by atoms with Gasteiger partial charge in [-0.15, -0.1) is 0 Å². The molecule has 5 heteroatoms. The van der Waals surface area contributed by atoms with Crippen LogP contribution in [0, 0.1) is 11.8 Å². The highest BCUT2D eigenvalue weighted by molar-refractivity contribution is 5.03. The van der Waals surface area contributed by atoms with Crippen molar-refractivity contribution in [2.45, 2.75) is 44.1 Å². The Labute approximate surface area is 102 Å². The maximum atomic E-state index is 10.5. The van der Waals surface area contributed by atoms with Crippen LogP contribution in [0.5, 0.6) is 0 Å². The van der Waals surface area contributed by atoms with E-state index in [-0.39, 0.29) is 24.2 Å². The number of ether oxygens (including phenoxy) is 4. The van der Waals surface area contributed by atoms with Crippen LogP contribution in [0.3, 0.4) is 0 Å². The van der Waals surface area contributed by atoms with E-state index in [4.69, 9.17) is 18.9 Å². The van der Waals surface area contributed by atoms with Gasteiger partial charge < -0.3 is 24.1 Å².